The van der Waals surface area contributed by atoms with E-state index in [-0.39, 0.29) is 11.4 Å². The predicted molar refractivity (Wildman–Crippen MR) is 120 cm³/mol. The number of rotatable bonds is 6. The van der Waals surface area contributed by atoms with Crippen molar-refractivity contribution in [1.82, 2.24) is 9.47 Å². The van der Waals surface area contributed by atoms with Crippen molar-refractivity contribution >= 4 is 29.1 Å². The van der Waals surface area contributed by atoms with E-state index in [2.05, 4.69) is 4.57 Å². The fraction of sp³-hybridized carbons (Fsp3) is 0.292. The Kier molecular flexibility index (Phi) is 6.71. The molecule has 1 aromatic heterocycles. The summed E-state index contributed by atoms with van der Waals surface area (Å²) in [5, 5.41) is 0.00214. The Balaban J connectivity index is 1.83. The molecule has 5 heteroatoms. The lowest BCUT2D eigenvalue weighted by Gasteiger charge is -2.37. The Morgan fingerprint density at radius 3 is 2.41 bits per heavy atom. The van der Waals surface area contributed by atoms with Gasteiger partial charge in [-0.2, -0.15) is 0 Å². The third kappa shape index (κ3) is 5.43. The molecule has 0 aliphatic rings. The van der Waals surface area contributed by atoms with Crippen LogP contribution in [-0.2, 0) is 17.9 Å². The third-order valence-electron chi connectivity index (χ3n) is 4.87. The Hall–Kier alpha value is -2.23. The van der Waals surface area contributed by atoms with Gasteiger partial charge in [0.1, 0.15) is 5.38 Å². The van der Waals surface area contributed by atoms with Gasteiger partial charge in [-0.15, -0.1) is 11.6 Å². The molecule has 0 N–H and O–H groups in total. The Morgan fingerprint density at radius 1 is 1.03 bits per heavy atom. The maximum Gasteiger partial charge on any atom is 0.245 e. The van der Waals surface area contributed by atoms with Gasteiger partial charge in [-0.1, -0.05) is 54.1 Å². The van der Waals surface area contributed by atoms with E-state index in [1.54, 1.807) is 0 Å². The van der Waals surface area contributed by atoms with E-state index < -0.39 is 5.38 Å². The van der Waals surface area contributed by atoms with E-state index in [1.165, 1.54) is 0 Å². The Labute approximate surface area is 182 Å². The molecule has 0 radical (unpaired) electrons. The van der Waals surface area contributed by atoms with Crippen LogP contribution in [0.15, 0.2) is 72.9 Å². The second-order valence-electron chi connectivity index (χ2n) is 8.13. The molecule has 1 unspecified atom stereocenters. The molecule has 0 aliphatic carbocycles. The van der Waals surface area contributed by atoms with Crippen molar-refractivity contribution in [3.05, 3.63) is 94.8 Å². The smallest absolute Gasteiger partial charge is 0.245 e. The summed E-state index contributed by atoms with van der Waals surface area (Å²) in [4.78, 5) is 15.1. The summed E-state index contributed by atoms with van der Waals surface area (Å²) in [7, 11) is 0. The number of hydrogen-bond acceptors (Lipinski definition) is 1. The fourth-order valence-electron chi connectivity index (χ4n) is 3.29. The molecule has 0 fully saturated rings. The molecule has 0 saturated carbocycles. The zero-order valence-electron chi connectivity index (χ0n) is 17.0. The number of amides is 1. The van der Waals surface area contributed by atoms with Gasteiger partial charge in [0.25, 0.3) is 0 Å². The van der Waals surface area contributed by atoms with Crippen LogP contribution in [0.2, 0.25) is 5.02 Å². The van der Waals surface area contributed by atoms with Gasteiger partial charge in [0.05, 0.1) is 6.54 Å². The van der Waals surface area contributed by atoms with Crippen molar-refractivity contribution in [2.45, 2.75) is 44.8 Å². The minimum absolute atomic E-state index is 0.0964. The van der Waals surface area contributed by atoms with Gasteiger partial charge < -0.3 is 9.47 Å². The van der Waals surface area contributed by atoms with Crippen LogP contribution in [0.25, 0.3) is 0 Å². The molecule has 152 valence electrons. The van der Waals surface area contributed by atoms with Crippen LogP contribution in [0.5, 0.6) is 0 Å². The van der Waals surface area contributed by atoms with Gasteiger partial charge >= 0.3 is 0 Å². The normalized spacial score (nSPS) is 12.6. The number of benzene rings is 2. The lowest BCUT2D eigenvalue weighted by atomic mass is 10.0. The van der Waals surface area contributed by atoms with Gasteiger partial charge in [0, 0.05) is 29.0 Å². The van der Waals surface area contributed by atoms with Crippen molar-refractivity contribution in [2.24, 2.45) is 0 Å². The number of carbonyl (C=O) groups excluding carboxylic acids is 1. The summed E-state index contributed by atoms with van der Waals surface area (Å²) in [6.45, 7) is 7.27. The second kappa shape index (κ2) is 9.06. The fourth-order valence-corrected chi connectivity index (χ4v) is 3.76. The zero-order valence-corrected chi connectivity index (χ0v) is 18.5. The number of halogens is 2. The molecule has 0 saturated heterocycles. The van der Waals surface area contributed by atoms with Crippen LogP contribution in [0.3, 0.4) is 0 Å². The minimum Gasteiger partial charge on any atom is -0.345 e. The quantitative estimate of drug-likeness (QED) is 0.423. The number of alkyl halides is 1. The predicted octanol–water partition coefficient (Wildman–Crippen LogP) is 6.30. The van der Waals surface area contributed by atoms with E-state index in [0.717, 1.165) is 21.8 Å². The molecule has 0 aliphatic heterocycles. The first kappa shape index (κ1) is 21.5. The summed E-state index contributed by atoms with van der Waals surface area (Å²) in [6, 6.07) is 21.4. The van der Waals surface area contributed by atoms with Gasteiger partial charge in [-0.05, 0) is 56.2 Å². The van der Waals surface area contributed by atoms with E-state index in [4.69, 9.17) is 23.2 Å². The van der Waals surface area contributed by atoms with Crippen LogP contribution >= 0.6 is 23.2 Å². The first-order valence-corrected chi connectivity index (χ1v) is 10.5. The largest absolute Gasteiger partial charge is 0.345 e. The number of carbonyl (C=O) groups is 1. The Morgan fingerprint density at radius 2 is 1.76 bits per heavy atom. The highest BCUT2D eigenvalue weighted by Gasteiger charge is 2.32. The van der Waals surface area contributed by atoms with Gasteiger partial charge in [-0.25, -0.2) is 0 Å². The molecule has 0 bridgehead atoms. The van der Waals surface area contributed by atoms with Crippen LogP contribution in [0, 0.1) is 0 Å². The summed E-state index contributed by atoms with van der Waals surface area (Å²) < 4.78 is 2.14. The molecule has 3 rings (SSSR count). The summed E-state index contributed by atoms with van der Waals surface area (Å²) >= 11 is 12.7. The van der Waals surface area contributed by atoms with Crippen LogP contribution in [0.1, 0.15) is 43.0 Å². The van der Waals surface area contributed by atoms with Crippen molar-refractivity contribution < 1.29 is 4.79 Å². The van der Waals surface area contributed by atoms with Crippen molar-refractivity contribution in [3.8, 4) is 0 Å². The molecule has 1 heterocycles. The molecule has 1 atom stereocenters. The highest BCUT2D eigenvalue weighted by molar-refractivity contribution is 6.31. The van der Waals surface area contributed by atoms with Crippen molar-refractivity contribution in [3.63, 3.8) is 0 Å². The first-order valence-electron chi connectivity index (χ1n) is 9.64. The van der Waals surface area contributed by atoms with Crippen molar-refractivity contribution in [2.75, 3.05) is 0 Å². The second-order valence-corrected chi connectivity index (χ2v) is 9.00. The molecule has 29 heavy (non-hydrogen) atoms. The molecule has 2 aromatic carbocycles. The highest BCUT2D eigenvalue weighted by Crippen LogP contribution is 2.28. The number of nitrogens with zero attached hydrogens (tertiary/aromatic N) is 2. The lowest BCUT2D eigenvalue weighted by molar-refractivity contribution is -0.136. The van der Waals surface area contributed by atoms with E-state index >= 15 is 0 Å². The standard InChI is InChI=1S/C24H26Cl2N2O/c1-24(2,3)28(23(29)22(26)19-10-5-4-6-11-19)17-21-13-8-14-27(21)16-18-9-7-12-20(25)15-18/h4-15,22H,16-17H2,1-3H3. The van der Waals surface area contributed by atoms with Crippen molar-refractivity contribution in [1.29, 1.82) is 0 Å². The molecule has 3 aromatic rings. The molecule has 1 amide bonds. The van der Waals surface area contributed by atoms with E-state index in [0.29, 0.717) is 13.1 Å². The minimum atomic E-state index is -0.716. The maximum absolute atomic E-state index is 13.3. The molecular formula is C24H26Cl2N2O. The zero-order chi connectivity index (χ0) is 21.0. The molecule has 0 spiro atoms. The Bertz CT molecular complexity index is 960. The molecule has 3 nitrogen and oxygen atoms in total. The van der Waals surface area contributed by atoms with Crippen LogP contribution in [-0.4, -0.2) is 20.9 Å². The molecular weight excluding hydrogens is 403 g/mol. The van der Waals surface area contributed by atoms with E-state index in [1.807, 2.05) is 98.6 Å². The monoisotopic (exact) mass is 428 g/mol. The third-order valence-corrected chi connectivity index (χ3v) is 5.54. The van der Waals surface area contributed by atoms with Crippen LogP contribution in [0.4, 0.5) is 0 Å². The average molecular weight is 429 g/mol. The number of aromatic nitrogens is 1. The first-order chi connectivity index (χ1) is 13.8. The topological polar surface area (TPSA) is 25.2 Å². The lowest BCUT2D eigenvalue weighted by Crippen LogP contribution is -2.46. The van der Waals surface area contributed by atoms with Gasteiger partial charge in [0.2, 0.25) is 5.91 Å². The van der Waals surface area contributed by atoms with Gasteiger partial charge in [-0.3, -0.25) is 4.79 Å². The SMILES string of the molecule is CC(C)(C)N(Cc1cccn1Cc1cccc(Cl)c1)C(=O)C(Cl)c1ccccc1. The summed E-state index contributed by atoms with van der Waals surface area (Å²) in [6.07, 6.45) is 2.02. The summed E-state index contributed by atoms with van der Waals surface area (Å²) in [5.74, 6) is -0.0964. The maximum atomic E-state index is 13.3. The highest BCUT2D eigenvalue weighted by atomic mass is 35.5. The van der Waals surface area contributed by atoms with Gasteiger partial charge in [0.15, 0.2) is 0 Å². The van der Waals surface area contributed by atoms with E-state index in [9.17, 15) is 4.79 Å². The van der Waals surface area contributed by atoms with Crippen LogP contribution < -0.4 is 0 Å². The average Bonchev–Trinajstić information content (AvgIpc) is 3.11. The summed E-state index contributed by atoms with van der Waals surface area (Å²) in [5.41, 5.74) is 2.60. The number of hydrogen-bond donors (Lipinski definition) is 0.